The van der Waals surface area contributed by atoms with E-state index in [9.17, 15) is 9.90 Å². The number of nitrogen functional groups attached to an aromatic ring is 1. The Labute approximate surface area is 211 Å². The number of nitriles is 1. The highest BCUT2D eigenvalue weighted by Gasteiger charge is 2.25. The molecule has 4 rings (SSSR count). The molecule has 1 aliphatic rings. The molecule has 0 aliphatic carbocycles. The minimum absolute atomic E-state index is 0.0727. The molecule has 12 heteroatoms. The second-order valence-electron chi connectivity index (χ2n) is 8.02. The maximum Gasteiger partial charge on any atom is 0.312 e. The van der Waals surface area contributed by atoms with Crippen molar-refractivity contribution < 1.29 is 14.3 Å². The molecule has 182 valence electrons. The van der Waals surface area contributed by atoms with E-state index in [2.05, 4.69) is 20.1 Å². The summed E-state index contributed by atoms with van der Waals surface area (Å²) >= 11 is 7.77. The number of aromatic nitrogens is 3. The van der Waals surface area contributed by atoms with Crippen LogP contribution in [0.2, 0.25) is 5.02 Å². The van der Waals surface area contributed by atoms with E-state index in [-0.39, 0.29) is 49.3 Å². The van der Waals surface area contributed by atoms with E-state index >= 15 is 0 Å². The fourth-order valence-corrected chi connectivity index (χ4v) is 5.06. The Morgan fingerprint density at radius 1 is 1.34 bits per heavy atom. The summed E-state index contributed by atoms with van der Waals surface area (Å²) in [5.41, 5.74) is 7.55. The first-order chi connectivity index (χ1) is 17.0. The van der Waals surface area contributed by atoms with Crippen molar-refractivity contribution in [2.45, 2.75) is 36.9 Å². The topological polar surface area (TPSA) is 145 Å². The third-order valence-corrected chi connectivity index (χ3v) is 7.14. The Morgan fingerprint density at radius 3 is 2.89 bits per heavy atom. The maximum absolute atomic E-state index is 13.2. The average Bonchev–Trinajstić information content (AvgIpc) is 3.52. The average molecular weight is 514 g/mol. The number of benzene rings is 1. The molecule has 10 nitrogen and oxygen atoms in total. The van der Waals surface area contributed by atoms with Crippen LogP contribution in [0.3, 0.4) is 0 Å². The van der Waals surface area contributed by atoms with E-state index in [1.807, 2.05) is 24.3 Å². The van der Waals surface area contributed by atoms with E-state index in [1.54, 1.807) is 23.2 Å². The standard InChI is InChI=1S/C23H24ClN7O3S/c24-19-6-5-17(31-7-1-2-18(31)13-32)8-20(19)35-14-22(33)30(12-21-28-29-23(26)34-21)11-15-3-4-16(9-25)27-10-15/h3-6,8,10,18,32H,1-2,7,11-14H2,(H2,26,29)/t18-/m1/s1. The van der Waals surface area contributed by atoms with Crippen molar-refractivity contribution >= 4 is 41.0 Å². The van der Waals surface area contributed by atoms with Crippen molar-refractivity contribution in [3.63, 3.8) is 0 Å². The predicted octanol–water partition coefficient (Wildman–Crippen LogP) is 2.85. The lowest BCUT2D eigenvalue weighted by Crippen LogP contribution is -2.32. The smallest absolute Gasteiger partial charge is 0.312 e. The second kappa shape index (κ2) is 11.4. The summed E-state index contributed by atoms with van der Waals surface area (Å²) in [7, 11) is 0. The zero-order valence-corrected chi connectivity index (χ0v) is 20.4. The Bertz CT molecular complexity index is 1210. The zero-order chi connectivity index (χ0) is 24.8. The number of hydrogen-bond acceptors (Lipinski definition) is 10. The molecule has 35 heavy (non-hydrogen) atoms. The van der Waals surface area contributed by atoms with Gasteiger partial charge in [0.05, 0.1) is 30.0 Å². The van der Waals surface area contributed by atoms with Crippen LogP contribution in [0.1, 0.15) is 30.0 Å². The van der Waals surface area contributed by atoms with Crippen molar-refractivity contribution in [3.8, 4) is 6.07 Å². The number of aliphatic hydroxyl groups is 1. The van der Waals surface area contributed by atoms with Crippen molar-refractivity contribution in [3.05, 3.63) is 58.7 Å². The summed E-state index contributed by atoms with van der Waals surface area (Å²) < 4.78 is 5.26. The highest BCUT2D eigenvalue weighted by molar-refractivity contribution is 8.00. The molecule has 0 radical (unpaired) electrons. The van der Waals surface area contributed by atoms with Gasteiger partial charge in [0.1, 0.15) is 11.8 Å². The van der Waals surface area contributed by atoms with Crippen LogP contribution in [-0.2, 0) is 17.9 Å². The van der Waals surface area contributed by atoms with Gasteiger partial charge < -0.3 is 25.1 Å². The molecule has 1 atom stereocenters. The van der Waals surface area contributed by atoms with Crippen LogP contribution in [-0.4, -0.2) is 56.0 Å². The summed E-state index contributed by atoms with van der Waals surface area (Å²) in [6.45, 7) is 1.28. The van der Waals surface area contributed by atoms with Crippen LogP contribution >= 0.6 is 23.4 Å². The van der Waals surface area contributed by atoms with Gasteiger partial charge in [-0.2, -0.15) is 5.26 Å². The van der Waals surface area contributed by atoms with E-state index in [0.717, 1.165) is 35.5 Å². The van der Waals surface area contributed by atoms with Gasteiger partial charge in [-0.05, 0) is 42.7 Å². The monoisotopic (exact) mass is 513 g/mol. The molecule has 0 spiro atoms. The molecule has 2 aromatic heterocycles. The van der Waals surface area contributed by atoms with Gasteiger partial charge in [-0.15, -0.1) is 16.9 Å². The molecule has 0 bridgehead atoms. The number of thioether (sulfide) groups is 1. The van der Waals surface area contributed by atoms with E-state index in [0.29, 0.717) is 10.7 Å². The third-order valence-electron chi connectivity index (χ3n) is 5.66. The number of nitrogens with two attached hydrogens (primary N) is 1. The summed E-state index contributed by atoms with van der Waals surface area (Å²) in [5, 5.41) is 26.7. The fourth-order valence-electron chi connectivity index (χ4n) is 3.91. The van der Waals surface area contributed by atoms with Crippen LogP contribution in [0.5, 0.6) is 0 Å². The number of amides is 1. The normalized spacial score (nSPS) is 15.2. The first-order valence-corrected chi connectivity index (χ1v) is 12.3. The van der Waals surface area contributed by atoms with Crippen LogP contribution in [0.15, 0.2) is 45.8 Å². The number of anilines is 2. The fraction of sp³-hybridized carbons (Fsp3) is 0.348. The molecule has 0 saturated carbocycles. The van der Waals surface area contributed by atoms with Gasteiger partial charge in [0, 0.05) is 29.9 Å². The molecule has 0 unspecified atom stereocenters. The lowest BCUT2D eigenvalue weighted by atomic mass is 10.2. The van der Waals surface area contributed by atoms with Gasteiger partial charge >= 0.3 is 6.01 Å². The van der Waals surface area contributed by atoms with Crippen molar-refractivity contribution in [2.24, 2.45) is 0 Å². The number of carbonyl (C=O) groups excluding carboxylic acids is 1. The quantitative estimate of drug-likeness (QED) is 0.409. The Hall–Kier alpha value is -3.33. The number of rotatable bonds is 9. The molecular weight excluding hydrogens is 490 g/mol. The zero-order valence-electron chi connectivity index (χ0n) is 18.8. The number of nitrogens with zero attached hydrogens (tertiary/aromatic N) is 6. The number of aliphatic hydroxyl groups excluding tert-OH is 1. The predicted molar refractivity (Wildman–Crippen MR) is 132 cm³/mol. The highest BCUT2D eigenvalue weighted by Crippen LogP contribution is 2.34. The van der Waals surface area contributed by atoms with Crippen molar-refractivity contribution in [2.75, 3.05) is 29.5 Å². The molecule has 1 saturated heterocycles. The first kappa shape index (κ1) is 24.8. The van der Waals surface area contributed by atoms with Crippen LogP contribution in [0, 0.1) is 11.3 Å². The molecular formula is C23H24ClN7O3S. The van der Waals surface area contributed by atoms with Crippen LogP contribution < -0.4 is 10.6 Å². The van der Waals surface area contributed by atoms with Crippen LogP contribution in [0.25, 0.3) is 0 Å². The van der Waals surface area contributed by atoms with E-state index in [4.69, 9.17) is 27.0 Å². The maximum atomic E-state index is 13.2. The van der Waals surface area contributed by atoms with Gasteiger partial charge in [-0.25, -0.2) is 4.98 Å². The molecule has 3 heterocycles. The Kier molecular flexibility index (Phi) is 8.07. The number of carbonyl (C=O) groups is 1. The lowest BCUT2D eigenvalue weighted by Gasteiger charge is -2.26. The molecule has 1 aromatic carbocycles. The van der Waals surface area contributed by atoms with Gasteiger partial charge in [0.25, 0.3) is 0 Å². The number of hydrogen-bond donors (Lipinski definition) is 2. The van der Waals surface area contributed by atoms with Crippen molar-refractivity contribution in [1.29, 1.82) is 5.26 Å². The Balaban J connectivity index is 1.48. The largest absolute Gasteiger partial charge is 0.406 e. The van der Waals surface area contributed by atoms with E-state index < -0.39 is 0 Å². The molecule has 1 amide bonds. The minimum Gasteiger partial charge on any atom is -0.406 e. The van der Waals surface area contributed by atoms with E-state index in [1.165, 1.54) is 11.8 Å². The highest BCUT2D eigenvalue weighted by atomic mass is 35.5. The van der Waals surface area contributed by atoms with Crippen LogP contribution in [0.4, 0.5) is 11.7 Å². The first-order valence-electron chi connectivity index (χ1n) is 11.0. The summed E-state index contributed by atoms with van der Waals surface area (Å²) in [5.74, 6) is 0.165. The summed E-state index contributed by atoms with van der Waals surface area (Å²) in [4.78, 5) is 21.8. The molecule has 3 aromatic rings. The molecule has 1 aliphatic heterocycles. The number of pyridine rings is 1. The summed E-state index contributed by atoms with van der Waals surface area (Å²) in [6, 6.07) is 11.0. The summed E-state index contributed by atoms with van der Waals surface area (Å²) in [6.07, 6.45) is 3.52. The number of halogens is 1. The van der Waals surface area contributed by atoms with Gasteiger partial charge in [0.2, 0.25) is 11.8 Å². The SMILES string of the molecule is N#Cc1ccc(CN(Cc2nnc(N)o2)C(=O)CSc2cc(N3CCC[C@@H]3CO)ccc2Cl)cn1. The lowest BCUT2D eigenvalue weighted by molar-refractivity contribution is -0.129. The van der Waals surface area contributed by atoms with Gasteiger partial charge in [-0.1, -0.05) is 22.8 Å². The molecule has 1 fully saturated rings. The Morgan fingerprint density at radius 2 is 2.20 bits per heavy atom. The second-order valence-corrected chi connectivity index (χ2v) is 9.45. The van der Waals surface area contributed by atoms with Gasteiger partial charge in [-0.3, -0.25) is 4.79 Å². The minimum atomic E-state index is -0.174. The third kappa shape index (κ3) is 6.22. The molecule has 3 N–H and O–H groups in total. The van der Waals surface area contributed by atoms with Gasteiger partial charge in [0.15, 0.2) is 0 Å². The van der Waals surface area contributed by atoms with Crippen molar-refractivity contribution in [1.82, 2.24) is 20.1 Å².